The van der Waals surface area contributed by atoms with E-state index in [1.54, 1.807) is 6.20 Å². The monoisotopic (exact) mass is 199 g/mol. The van der Waals surface area contributed by atoms with Crippen molar-refractivity contribution in [3.05, 3.63) is 21.5 Å². The molecule has 0 aromatic heterocycles. The molecule has 0 unspecified atom stereocenters. The zero-order chi connectivity index (χ0) is 8.55. The predicted molar refractivity (Wildman–Crippen MR) is 50.4 cm³/mol. The first kappa shape index (κ1) is 7.75. The smallest absolute Gasteiger partial charge is 0.266 e. The number of thioether (sulfide) groups is 2. The molecule has 0 bridgehead atoms. The van der Waals surface area contributed by atoms with Crippen LogP contribution in [-0.2, 0) is 4.79 Å². The van der Waals surface area contributed by atoms with E-state index in [1.807, 2.05) is 5.41 Å². The van der Waals surface area contributed by atoms with Gasteiger partial charge < -0.3 is 10.6 Å². The number of carbonyl (C=O) groups excluding carboxylic acids is 1. The Balaban J connectivity index is 2.29. The summed E-state index contributed by atoms with van der Waals surface area (Å²) in [5.41, 5.74) is 0. The van der Waals surface area contributed by atoms with Gasteiger partial charge in [0.1, 0.15) is 4.91 Å². The van der Waals surface area contributed by atoms with Gasteiger partial charge in [0.25, 0.3) is 5.91 Å². The SMILES string of the molecule is N=C1NC(=O)C(=C2NC=CS2)S1. The van der Waals surface area contributed by atoms with Crippen LogP contribution in [0, 0.1) is 5.41 Å². The van der Waals surface area contributed by atoms with Gasteiger partial charge in [-0.1, -0.05) is 11.8 Å². The number of amides is 1. The van der Waals surface area contributed by atoms with Crippen molar-refractivity contribution in [1.82, 2.24) is 10.6 Å². The van der Waals surface area contributed by atoms with Crippen molar-refractivity contribution in [3.8, 4) is 0 Å². The van der Waals surface area contributed by atoms with Crippen LogP contribution in [0.2, 0.25) is 0 Å². The van der Waals surface area contributed by atoms with E-state index in [0.29, 0.717) is 4.91 Å². The van der Waals surface area contributed by atoms with Crippen LogP contribution >= 0.6 is 23.5 Å². The van der Waals surface area contributed by atoms with Gasteiger partial charge >= 0.3 is 0 Å². The normalized spacial score (nSPS) is 27.7. The maximum atomic E-state index is 11.2. The standard InChI is InChI=1S/C6H5N3OS2/c7-6-9-4(10)3(12-6)5-8-1-2-11-5/h1-2,8H,(H2,7,9,10). The summed E-state index contributed by atoms with van der Waals surface area (Å²) < 4.78 is 0. The highest BCUT2D eigenvalue weighted by Crippen LogP contribution is 2.32. The Morgan fingerprint density at radius 3 is 2.83 bits per heavy atom. The first-order valence-corrected chi connectivity index (χ1v) is 4.87. The Labute approximate surface area is 77.4 Å². The number of nitrogens with one attached hydrogen (secondary N) is 3. The molecule has 0 aliphatic carbocycles. The topological polar surface area (TPSA) is 65.0 Å². The van der Waals surface area contributed by atoms with E-state index in [-0.39, 0.29) is 11.1 Å². The first-order valence-electron chi connectivity index (χ1n) is 3.17. The van der Waals surface area contributed by atoms with Crippen molar-refractivity contribution in [2.45, 2.75) is 0 Å². The minimum atomic E-state index is -0.191. The summed E-state index contributed by atoms with van der Waals surface area (Å²) in [5, 5.41) is 15.4. The van der Waals surface area contributed by atoms with Crippen LogP contribution in [0.1, 0.15) is 0 Å². The lowest BCUT2D eigenvalue weighted by atomic mass is 10.5. The fourth-order valence-electron chi connectivity index (χ4n) is 0.848. The summed E-state index contributed by atoms with van der Waals surface area (Å²) >= 11 is 2.60. The zero-order valence-corrected chi connectivity index (χ0v) is 7.51. The molecule has 1 saturated heterocycles. The molecule has 0 spiro atoms. The molecule has 3 N–H and O–H groups in total. The number of hydrogen-bond acceptors (Lipinski definition) is 5. The second kappa shape index (κ2) is 2.87. The molecule has 1 fully saturated rings. The van der Waals surface area contributed by atoms with Gasteiger partial charge in [0.05, 0.1) is 5.03 Å². The fraction of sp³-hybridized carbons (Fsp3) is 0. The molecule has 0 radical (unpaired) electrons. The summed E-state index contributed by atoms with van der Waals surface area (Å²) in [5.74, 6) is -0.191. The third kappa shape index (κ3) is 1.23. The van der Waals surface area contributed by atoms with E-state index in [4.69, 9.17) is 5.41 Å². The number of carbonyl (C=O) groups is 1. The van der Waals surface area contributed by atoms with Gasteiger partial charge in [0.15, 0.2) is 5.17 Å². The van der Waals surface area contributed by atoms with Crippen molar-refractivity contribution in [1.29, 1.82) is 5.41 Å². The van der Waals surface area contributed by atoms with E-state index in [2.05, 4.69) is 10.6 Å². The van der Waals surface area contributed by atoms with Crippen LogP contribution < -0.4 is 10.6 Å². The number of rotatable bonds is 0. The molecule has 2 heterocycles. The third-order valence-electron chi connectivity index (χ3n) is 1.31. The van der Waals surface area contributed by atoms with Crippen LogP contribution in [-0.4, -0.2) is 11.1 Å². The van der Waals surface area contributed by atoms with E-state index < -0.39 is 0 Å². The van der Waals surface area contributed by atoms with Gasteiger partial charge in [0.2, 0.25) is 0 Å². The van der Waals surface area contributed by atoms with Crippen molar-refractivity contribution < 1.29 is 4.79 Å². The zero-order valence-electron chi connectivity index (χ0n) is 5.88. The van der Waals surface area contributed by atoms with Gasteiger partial charge in [0, 0.05) is 6.20 Å². The van der Waals surface area contributed by atoms with Crippen LogP contribution in [0.5, 0.6) is 0 Å². The van der Waals surface area contributed by atoms with Gasteiger partial charge in [-0.05, 0) is 17.2 Å². The van der Waals surface area contributed by atoms with E-state index in [9.17, 15) is 4.79 Å². The fourth-order valence-corrected chi connectivity index (χ4v) is 2.37. The number of amidine groups is 1. The highest BCUT2D eigenvalue weighted by molar-refractivity contribution is 8.19. The van der Waals surface area contributed by atoms with Gasteiger partial charge in [-0.25, -0.2) is 0 Å². The average Bonchev–Trinajstić information content (AvgIpc) is 2.58. The van der Waals surface area contributed by atoms with Crippen LogP contribution in [0.15, 0.2) is 21.5 Å². The Morgan fingerprint density at radius 1 is 1.50 bits per heavy atom. The van der Waals surface area contributed by atoms with E-state index >= 15 is 0 Å². The average molecular weight is 199 g/mol. The molecule has 0 atom stereocenters. The Kier molecular flexibility index (Phi) is 1.86. The van der Waals surface area contributed by atoms with Crippen molar-refractivity contribution in [2.24, 2.45) is 0 Å². The summed E-state index contributed by atoms with van der Waals surface area (Å²) in [6.07, 6.45) is 1.77. The molecule has 6 heteroatoms. The summed E-state index contributed by atoms with van der Waals surface area (Å²) in [4.78, 5) is 11.7. The minimum absolute atomic E-state index is 0.191. The van der Waals surface area contributed by atoms with Crippen molar-refractivity contribution in [2.75, 3.05) is 0 Å². The van der Waals surface area contributed by atoms with E-state index in [0.717, 1.165) is 16.8 Å². The maximum absolute atomic E-state index is 11.2. The van der Waals surface area contributed by atoms with Gasteiger partial charge in [-0.2, -0.15) is 0 Å². The second-order valence-corrected chi connectivity index (χ2v) is 4.05. The molecule has 1 amide bonds. The molecule has 4 nitrogen and oxygen atoms in total. The Hall–Kier alpha value is -0.880. The summed E-state index contributed by atoms with van der Waals surface area (Å²) in [6, 6.07) is 0. The lowest BCUT2D eigenvalue weighted by Gasteiger charge is -1.98. The number of hydrogen-bond donors (Lipinski definition) is 3. The highest BCUT2D eigenvalue weighted by atomic mass is 32.2. The van der Waals surface area contributed by atoms with Crippen molar-refractivity contribution >= 4 is 34.6 Å². The summed E-state index contributed by atoms with van der Waals surface area (Å²) in [7, 11) is 0. The quantitative estimate of drug-likeness (QED) is 0.504. The maximum Gasteiger partial charge on any atom is 0.266 e. The largest absolute Gasteiger partial charge is 0.355 e. The van der Waals surface area contributed by atoms with E-state index in [1.165, 1.54) is 11.8 Å². The second-order valence-electron chi connectivity index (χ2n) is 2.11. The molecular weight excluding hydrogens is 194 g/mol. The summed E-state index contributed by atoms with van der Waals surface area (Å²) in [6.45, 7) is 0. The molecule has 2 aliphatic heterocycles. The lowest BCUT2D eigenvalue weighted by Crippen LogP contribution is -2.19. The van der Waals surface area contributed by atoms with Crippen molar-refractivity contribution in [3.63, 3.8) is 0 Å². The highest BCUT2D eigenvalue weighted by Gasteiger charge is 2.26. The van der Waals surface area contributed by atoms with Crippen LogP contribution in [0.25, 0.3) is 0 Å². The molecule has 62 valence electrons. The Bertz CT molecular complexity index is 311. The van der Waals surface area contributed by atoms with Gasteiger partial charge in [-0.3, -0.25) is 10.2 Å². The molecule has 0 saturated carbocycles. The lowest BCUT2D eigenvalue weighted by molar-refractivity contribution is -0.115. The van der Waals surface area contributed by atoms with Gasteiger partial charge in [-0.15, -0.1) is 0 Å². The van der Waals surface area contributed by atoms with Crippen LogP contribution in [0.4, 0.5) is 0 Å². The minimum Gasteiger partial charge on any atom is -0.355 e. The third-order valence-corrected chi connectivity index (χ3v) is 3.17. The molecule has 2 rings (SSSR count). The molecule has 12 heavy (non-hydrogen) atoms. The Morgan fingerprint density at radius 2 is 2.33 bits per heavy atom. The molecule has 0 aromatic carbocycles. The molecule has 0 aromatic rings. The first-order chi connectivity index (χ1) is 5.77. The molecule has 2 aliphatic rings. The van der Waals surface area contributed by atoms with Crippen LogP contribution in [0.3, 0.4) is 0 Å². The predicted octanol–water partition coefficient (Wildman–Crippen LogP) is 0.761. The molecular formula is C6H5N3OS2.